The van der Waals surface area contributed by atoms with Crippen molar-refractivity contribution in [3.8, 4) is 11.3 Å². The molecule has 2 amide bonds. The SMILES string of the molecule is CC(C)(C)OC(=O)N1CCC(O)C1N(C=O)Cc1cc(-c2ccc(C(F)(F)F)nc2)ncc1C(=O)O. The summed E-state index contributed by atoms with van der Waals surface area (Å²) in [4.78, 5) is 46.1. The molecule has 0 aliphatic carbocycles. The van der Waals surface area contributed by atoms with Gasteiger partial charge in [0.15, 0.2) is 0 Å². The number of amides is 2. The zero-order valence-electron chi connectivity index (χ0n) is 19.7. The molecule has 36 heavy (non-hydrogen) atoms. The van der Waals surface area contributed by atoms with E-state index in [1.165, 1.54) is 11.0 Å². The number of alkyl halides is 3. The van der Waals surface area contributed by atoms with Crippen molar-refractivity contribution in [1.29, 1.82) is 0 Å². The molecule has 2 aromatic rings. The number of likely N-dealkylation sites (tertiary alicyclic amines) is 1. The van der Waals surface area contributed by atoms with Crippen LogP contribution in [0, 0.1) is 0 Å². The van der Waals surface area contributed by atoms with Gasteiger partial charge < -0.3 is 19.8 Å². The molecule has 1 fully saturated rings. The maximum atomic E-state index is 12.8. The Balaban J connectivity index is 1.94. The first-order valence-corrected chi connectivity index (χ1v) is 10.9. The smallest absolute Gasteiger partial charge is 0.433 e. The Labute approximate surface area is 204 Å². The van der Waals surface area contributed by atoms with E-state index in [2.05, 4.69) is 9.97 Å². The van der Waals surface area contributed by atoms with Crippen molar-refractivity contribution in [2.24, 2.45) is 0 Å². The van der Waals surface area contributed by atoms with Crippen LogP contribution in [0.1, 0.15) is 48.8 Å². The fourth-order valence-corrected chi connectivity index (χ4v) is 3.76. The maximum Gasteiger partial charge on any atom is 0.433 e. The third-order valence-electron chi connectivity index (χ3n) is 5.36. The van der Waals surface area contributed by atoms with E-state index in [0.717, 1.165) is 29.4 Å². The summed E-state index contributed by atoms with van der Waals surface area (Å²) < 4.78 is 43.8. The van der Waals surface area contributed by atoms with Crippen molar-refractivity contribution in [2.75, 3.05) is 6.54 Å². The third-order valence-corrected chi connectivity index (χ3v) is 5.36. The van der Waals surface area contributed by atoms with Gasteiger partial charge in [0.25, 0.3) is 0 Å². The van der Waals surface area contributed by atoms with Crippen LogP contribution in [-0.4, -0.2) is 72.9 Å². The molecular weight excluding hydrogens is 485 g/mol. The fraction of sp³-hybridized carbons (Fsp3) is 0.435. The van der Waals surface area contributed by atoms with Crippen molar-refractivity contribution >= 4 is 18.5 Å². The second-order valence-corrected chi connectivity index (χ2v) is 9.18. The van der Waals surface area contributed by atoms with Crippen LogP contribution in [0.25, 0.3) is 11.3 Å². The van der Waals surface area contributed by atoms with Crippen LogP contribution in [0.2, 0.25) is 0 Å². The summed E-state index contributed by atoms with van der Waals surface area (Å²) in [5.41, 5.74) is -1.79. The number of aliphatic hydroxyl groups is 1. The van der Waals surface area contributed by atoms with E-state index >= 15 is 0 Å². The monoisotopic (exact) mass is 510 g/mol. The molecule has 3 heterocycles. The second kappa shape index (κ2) is 10.1. The van der Waals surface area contributed by atoms with Gasteiger partial charge in [0.05, 0.1) is 17.4 Å². The Hall–Kier alpha value is -3.74. The molecule has 2 N–H and O–H groups in total. The number of aromatic carboxylic acids is 1. The second-order valence-electron chi connectivity index (χ2n) is 9.18. The predicted octanol–water partition coefficient (Wildman–Crippen LogP) is 3.15. The molecule has 2 atom stereocenters. The minimum Gasteiger partial charge on any atom is -0.478 e. The van der Waals surface area contributed by atoms with Crippen molar-refractivity contribution in [2.45, 2.75) is 57.8 Å². The molecule has 0 spiro atoms. The van der Waals surface area contributed by atoms with Gasteiger partial charge >= 0.3 is 18.2 Å². The number of carboxylic acid groups (broad SMARTS) is 1. The first-order valence-electron chi connectivity index (χ1n) is 10.9. The van der Waals surface area contributed by atoms with E-state index < -0.39 is 41.8 Å². The normalized spacial score (nSPS) is 18.1. The lowest BCUT2D eigenvalue weighted by Crippen LogP contribution is -2.52. The number of halogens is 3. The summed E-state index contributed by atoms with van der Waals surface area (Å²) in [6.07, 6.45) is -5.10. The molecule has 1 aliphatic rings. The molecule has 10 nitrogen and oxygen atoms in total. The number of rotatable bonds is 6. The Morgan fingerprint density at radius 1 is 1.22 bits per heavy atom. The number of ether oxygens (including phenoxy) is 1. The molecule has 13 heteroatoms. The van der Waals surface area contributed by atoms with Crippen LogP contribution in [0.3, 0.4) is 0 Å². The molecule has 0 aromatic carbocycles. The minimum absolute atomic E-state index is 0.0859. The zero-order valence-corrected chi connectivity index (χ0v) is 19.7. The molecule has 2 aromatic heterocycles. The Morgan fingerprint density at radius 2 is 1.92 bits per heavy atom. The molecule has 3 rings (SSSR count). The predicted molar refractivity (Wildman–Crippen MR) is 118 cm³/mol. The standard InChI is InChI=1S/C23H25F3N4O6/c1-22(2,3)36-21(35)30-7-6-17(32)19(30)29(12-31)11-14-8-16(27-10-15(14)20(33)34)13-4-5-18(28-9-13)23(24,25)26/h4-5,8-10,12,17,19,32H,6-7,11H2,1-3H3,(H,33,34). The van der Waals surface area contributed by atoms with Crippen LogP contribution in [0.5, 0.6) is 0 Å². The van der Waals surface area contributed by atoms with Crippen molar-refractivity contribution in [3.63, 3.8) is 0 Å². The Bertz CT molecular complexity index is 1130. The van der Waals surface area contributed by atoms with Gasteiger partial charge in [-0.25, -0.2) is 9.59 Å². The number of carbonyl (C=O) groups is 3. The van der Waals surface area contributed by atoms with Crippen molar-refractivity contribution in [3.05, 3.63) is 47.4 Å². The van der Waals surface area contributed by atoms with E-state index in [9.17, 15) is 37.8 Å². The summed E-state index contributed by atoms with van der Waals surface area (Å²) >= 11 is 0. The lowest BCUT2D eigenvalue weighted by Gasteiger charge is -2.35. The number of carbonyl (C=O) groups excluding carboxylic acids is 2. The molecule has 1 saturated heterocycles. The molecule has 194 valence electrons. The van der Waals surface area contributed by atoms with Gasteiger partial charge in [0.1, 0.15) is 17.5 Å². The summed E-state index contributed by atoms with van der Waals surface area (Å²) in [6.45, 7) is 4.76. The van der Waals surface area contributed by atoms with E-state index in [1.807, 2.05) is 0 Å². The summed E-state index contributed by atoms with van der Waals surface area (Å²) in [5, 5.41) is 20.1. The van der Waals surface area contributed by atoms with Gasteiger partial charge in [-0.15, -0.1) is 0 Å². The van der Waals surface area contributed by atoms with Crippen LogP contribution in [-0.2, 0) is 22.3 Å². The van der Waals surface area contributed by atoms with Gasteiger partial charge in [-0.05, 0) is 51.0 Å². The van der Waals surface area contributed by atoms with Crippen LogP contribution in [0.15, 0.2) is 30.6 Å². The number of hydrogen-bond donors (Lipinski definition) is 2. The number of pyridine rings is 2. The van der Waals surface area contributed by atoms with Crippen molar-refractivity contribution < 1.29 is 42.5 Å². The summed E-state index contributed by atoms with van der Waals surface area (Å²) in [7, 11) is 0. The first-order chi connectivity index (χ1) is 16.7. The Kier molecular flexibility index (Phi) is 7.53. The average Bonchev–Trinajstić information content (AvgIpc) is 3.17. The summed E-state index contributed by atoms with van der Waals surface area (Å²) in [5.74, 6) is -1.35. The Morgan fingerprint density at radius 3 is 2.44 bits per heavy atom. The summed E-state index contributed by atoms with van der Waals surface area (Å²) in [6, 6.07) is 3.22. The molecule has 0 radical (unpaired) electrons. The molecule has 1 aliphatic heterocycles. The van der Waals surface area contributed by atoms with E-state index in [-0.39, 0.29) is 41.9 Å². The van der Waals surface area contributed by atoms with Crippen LogP contribution in [0.4, 0.5) is 18.0 Å². The highest BCUT2D eigenvalue weighted by Crippen LogP contribution is 2.30. The van der Waals surface area contributed by atoms with Crippen molar-refractivity contribution in [1.82, 2.24) is 19.8 Å². The number of hydrogen-bond acceptors (Lipinski definition) is 7. The molecule has 0 bridgehead atoms. The van der Waals surface area contributed by atoms with E-state index in [4.69, 9.17) is 4.74 Å². The zero-order chi connectivity index (χ0) is 26.8. The van der Waals surface area contributed by atoms with Gasteiger partial charge in [-0.2, -0.15) is 13.2 Å². The third kappa shape index (κ3) is 6.08. The minimum atomic E-state index is -4.63. The number of carboxylic acids is 1. The highest BCUT2D eigenvalue weighted by atomic mass is 19.4. The molecule has 2 unspecified atom stereocenters. The first kappa shape index (κ1) is 26.9. The van der Waals surface area contributed by atoms with Gasteiger partial charge in [0.2, 0.25) is 6.41 Å². The number of aromatic nitrogens is 2. The maximum absolute atomic E-state index is 12.8. The quantitative estimate of drug-likeness (QED) is 0.567. The largest absolute Gasteiger partial charge is 0.478 e. The number of nitrogens with zero attached hydrogens (tertiary/aromatic N) is 4. The average molecular weight is 510 g/mol. The highest BCUT2D eigenvalue weighted by Gasteiger charge is 2.42. The van der Waals surface area contributed by atoms with E-state index in [0.29, 0.717) is 6.41 Å². The molecular formula is C23H25F3N4O6. The van der Waals surface area contributed by atoms with Gasteiger partial charge in [-0.1, -0.05) is 0 Å². The fourth-order valence-electron chi connectivity index (χ4n) is 3.76. The van der Waals surface area contributed by atoms with E-state index in [1.54, 1.807) is 20.8 Å². The topological polar surface area (TPSA) is 133 Å². The van der Waals surface area contributed by atoms with Gasteiger partial charge in [-0.3, -0.25) is 19.7 Å². The lowest BCUT2D eigenvalue weighted by molar-refractivity contribution is -0.141. The lowest BCUT2D eigenvalue weighted by atomic mass is 10.0. The highest BCUT2D eigenvalue weighted by molar-refractivity contribution is 5.89. The number of aliphatic hydroxyl groups excluding tert-OH is 1. The molecule has 0 saturated carbocycles. The van der Waals surface area contributed by atoms with Crippen LogP contribution < -0.4 is 0 Å². The van der Waals surface area contributed by atoms with Gasteiger partial charge in [0, 0.05) is 31.0 Å². The van der Waals surface area contributed by atoms with Crippen LogP contribution >= 0.6 is 0 Å².